The summed E-state index contributed by atoms with van der Waals surface area (Å²) in [6.07, 6.45) is 6.92. The van der Waals surface area contributed by atoms with Crippen molar-refractivity contribution in [2.45, 2.75) is 37.0 Å². The maximum Gasteiger partial charge on any atom is 0.111 e. The Balaban J connectivity index is 2.05. The molecule has 3 rings (SSSR count). The van der Waals surface area contributed by atoms with Gasteiger partial charge in [-0.15, -0.1) is 11.6 Å². The first-order valence-electron chi connectivity index (χ1n) is 6.93. The average molecular weight is 329 g/mol. The van der Waals surface area contributed by atoms with Crippen molar-refractivity contribution in [2.75, 3.05) is 12.1 Å². The fourth-order valence-corrected chi connectivity index (χ4v) is 4.17. The molecule has 1 aliphatic rings. The molecule has 0 radical (unpaired) electrons. The molecule has 0 N–H and O–H groups in total. The second-order valence-corrected chi connectivity index (χ2v) is 7.52. The molecule has 1 aliphatic carbocycles. The predicted octanol–water partition coefficient (Wildman–Crippen LogP) is 4.76. The molecule has 1 heterocycles. The number of hydrogen-bond acceptors (Lipinski definition) is 2. The lowest BCUT2D eigenvalue weighted by atomic mass is 9.84. The van der Waals surface area contributed by atoms with Crippen LogP contribution in [-0.4, -0.2) is 26.4 Å². The zero-order valence-electron chi connectivity index (χ0n) is 11.5. The van der Waals surface area contributed by atoms with Gasteiger partial charge in [0.05, 0.1) is 11.0 Å². The molecule has 0 bridgehead atoms. The highest BCUT2D eigenvalue weighted by molar-refractivity contribution is 8.00. The van der Waals surface area contributed by atoms with Gasteiger partial charge in [-0.3, -0.25) is 0 Å². The van der Waals surface area contributed by atoms with Crippen LogP contribution in [0, 0.1) is 0 Å². The highest BCUT2D eigenvalue weighted by Gasteiger charge is 2.37. The molecular formula is C15H18Cl2N2S. The quantitative estimate of drug-likeness (QED) is 0.736. The molecule has 2 nitrogen and oxygen atoms in total. The zero-order valence-corrected chi connectivity index (χ0v) is 13.9. The van der Waals surface area contributed by atoms with E-state index < -0.39 is 0 Å². The van der Waals surface area contributed by atoms with Crippen LogP contribution in [-0.2, 0) is 13.0 Å². The van der Waals surface area contributed by atoms with Gasteiger partial charge in [0.25, 0.3) is 0 Å². The Morgan fingerprint density at radius 1 is 1.40 bits per heavy atom. The first-order chi connectivity index (χ1) is 9.67. The van der Waals surface area contributed by atoms with Gasteiger partial charge in [-0.1, -0.05) is 18.0 Å². The molecule has 0 saturated heterocycles. The van der Waals surface area contributed by atoms with Crippen molar-refractivity contribution in [1.82, 2.24) is 9.55 Å². The summed E-state index contributed by atoms with van der Waals surface area (Å²) in [5.74, 6) is 1.68. The van der Waals surface area contributed by atoms with E-state index >= 15 is 0 Å². The molecule has 1 saturated carbocycles. The minimum atomic E-state index is 0.372. The Hall–Kier alpha value is -0.380. The maximum absolute atomic E-state index is 6.16. The van der Waals surface area contributed by atoms with Gasteiger partial charge in [-0.2, -0.15) is 11.8 Å². The van der Waals surface area contributed by atoms with Crippen LogP contribution in [0.15, 0.2) is 18.2 Å². The number of nitrogens with zero attached hydrogens (tertiary/aromatic N) is 2. The molecule has 1 aromatic carbocycles. The van der Waals surface area contributed by atoms with E-state index in [4.69, 9.17) is 28.2 Å². The van der Waals surface area contributed by atoms with Gasteiger partial charge in [-0.05, 0) is 37.3 Å². The van der Waals surface area contributed by atoms with Crippen molar-refractivity contribution in [2.24, 2.45) is 0 Å². The number of thioether (sulfide) groups is 1. The monoisotopic (exact) mass is 328 g/mol. The highest BCUT2D eigenvalue weighted by atomic mass is 35.5. The minimum Gasteiger partial charge on any atom is -0.327 e. The van der Waals surface area contributed by atoms with Crippen molar-refractivity contribution >= 4 is 46.0 Å². The molecule has 5 heteroatoms. The van der Waals surface area contributed by atoms with E-state index in [2.05, 4.69) is 10.8 Å². The molecule has 1 fully saturated rings. The Morgan fingerprint density at radius 2 is 2.20 bits per heavy atom. The number of fused-ring (bicyclic) bond motifs is 1. The van der Waals surface area contributed by atoms with Crippen LogP contribution < -0.4 is 0 Å². The van der Waals surface area contributed by atoms with Crippen LogP contribution in [0.1, 0.15) is 25.1 Å². The zero-order chi connectivity index (χ0) is 14.2. The molecule has 0 aliphatic heterocycles. The summed E-state index contributed by atoms with van der Waals surface area (Å²) in [5.41, 5.74) is 2.16. The molecular weight excluding hydrogens is 311 g/mol. The van der Waals surface area contributed by atoms with Gasteiger partial charge in [0, 0.05) is 28.6 Å². The van der Waals surface area contributed by atoms with Gasteiger partial charge >= 0.3 is 0 Å². The van der Waals surface area contributed by atoms with E-state index in [0.717, 1.165) is 34.8 Å². The molecule has 2 aromatic rings. The number of aromatic nitrogens is 2. The molecule has 1 aromatic heterocycles. The first kappa shape index (κ1) is 14.6. The van der Waals surface area contributed by atoms with Crippen LogP contribution in [0.2, 0.25) is 5.02 Å². The lowest BCUT2D eigenvalue weighted by Crippen LogP contribution is -2.38. The number of rotatable bonds is 5. The Kier molecular flexibility index (Phi) is 4.21. The SMILES string of the molecule is CSC1(Cn2c(CCCl)nc3ccc(Cl)cc32)CCC1. The number of aryl methyl sites for hydroxylation is 1. The Labute approximate surface area is 133 Å². The third-order valence-corrected chi connectivity index (χ3v) is 6.08. The Morgan fingerprint density at radius 3 is 2.80 bits per heavy atom. The van der Waals surface area contributed by atoms with Crippen molar-refractivity contribution in [3.05, 3.63) is 29.0 Å². The van der Waals surface area contributed by atoms with E-state index in [0.29, 0.717) is 10.6 Å². The number of halogens is 2. The molecule has 0 amide bonds. The lowest BCUT2D eigenvalue weighted by Gasteiger charge is -2.41. The predicted molar refractivity (Wildman–Crippen MR) is 89.3 cm³/mol. The fourth-order valence-electron chi connectivity index (χ4n) is 2.88. The average Bonchev–Trinajstić information content (AvgIpc) is 2.72. The lowest BCUT2D eigenvalue weighted by molar-refractivity contribution is 0.322. The summed E-state index contributed by atoms with van der Waals surface area (Å²) in [6.45, 7) is 1.01. The number of hydrogen-bond donors (Lipinski definition) is 0. The molecule has 0 atom stereocenters. The largest absolute Gasteiger partial charge is 0.327 e. The van der Waals surface area contributed by atoms with Gasteiger partial charge in [0.1, 0.15) is 5.82 Å². The van der Waals surface area contributed by atoms with Crippen LogP contribution in [0.4, 0.5) is 0 Å². The van der Waals surface area contributed by atoms with Crippen molar-refractivity contribution in [3.8, 4) is 0 Å². The second-order valence-electron chi connectivity index (χ2n) is 5.43. The molecule has 20 heavy (non-hydrogen) atoms. The second kappa shape index (κ2) is 5.78. The van der Waals surface area contributed by atoms with Crippen LogP contribution in [0.3, 0.4) is 0 Å². The normalized spacial score (nSPS) is 17.4. The highest BCUT2D eigenvalue weighted by Crippen LogP contribution is 2.44. The Bertz CT molecular complexity index is 614. The minimum absolute atomic E-state index is 0.372. The van der Waals surface area contributed by atoms with Gasteiger partial charge < -0.3 is 4.57 Å². The standard InChI is InChI=1S/C15H18Cl2N2S/c1-20-15(6-2-7-15)10-19-13-9-11(17)3-4-12(13)18-14(19)5-8-16/h3-4,9H,2,5-8,10H2,1H3. The van der Waals surface area contributed by atoms with Crippen LogP contribution >= 0.6 is 35.0 Å². The van der Waals surface area contributed by atoms with Crippen LogP contribution in [0.25, 0.3) is 11.0 Å². The number of alkyl halides is 1. The van der Waals surface area contributed by atoms with Gasteiger partial charge in [-0.25, -0.2) is 4.98 Å². The van der Waals surface area contributed by atoms with E-state index in [9.17, 15) is 0 Å². The van der Waals surface area contributed by atoms with Gasteiger partial charge in [0.15, 0.2) is 0 Å². The third-order valence-electron chi connectivity index (χ3n) is 4.25. The summed E-state index contributed by atoms with van der Waals surface area (Å²) in [7, 11) is 0. The molecule has 0 unspecified atom stereocenters. The van der Waals surface area contributed by atoms with Crippen LogP contribution in [0.5, 0.6) is 0 Å². The summed E-state index contributed by atoms with van der Waals surface area (Å²) in [5, 5.41) is 0.767. The molecule has 0 spiro atoms. The number of imidazole rings is 1. The molecule has 108 valence electrons. The maximum atomic E-state index is 6.16. The van der Waals surface area contributed by atoms with E-state index in [1.165, 1.54) is 19.3 Å². The van der Waals surface area contributed by atoms with Crippen molar-refractivity contribution in [1.29, 1.82) is 0 Å². The van der Waals surface area contributed by atoms with Crippen molar-refractivity contribution in [3.63, 3.8) is 0 Å². The summed E-state index contributed by atoms with van der Waals surface area (Å²) in [4.78, 5) is 4.73. The van der Waals surface area contributed by atoms with Gasteiger partial charge in [0.2, 0.25) is 0 Å². The topological polar surface area (TPSA) is 17.8 Å². The van der Waals surface area contributed by atoms with E-state index in [1.54, 1.807) is 0 Å². The fraction of sp³-hybridized carbons (Fsp3) is 0.533. The summed E-state index contributed by atoms with van der Waals surface area (Å²) in [6, 6.07) is 5.92. The summed E-state index contributed by atoms with van der Waals surface area (Å²) >= 11 is 14.1. The number of benzene rings is 1. The smallest absolute Gasteiger partial charge is 0.111 e. The third kappa shape index (κ3) is 2.56. The van der Waals surface area contributed by atoms with Crippen molar-refractivity contribution < 1.29 is 0 Å². The summed E-state index contributed by atoms with van der Waals surface area (Å²) < 4.78 is 2.70. The van der Waals surface area contributed by atoms with E-state index in [-0.39, 0.29) is 0 Å². The first-order valence-corrected chi connectivity index (χ1v) is 9.07. The van der Waals surface area contributed by atoms with E-state index in [1.807, 2.05) is 30.0 Å².